The molecule has 0 atom stereocenters. The van der Waals surface area contributed by atoms with Crippen molar-refractivity contribution in [3.8, 4) is 0 Å². The normalized spacial score (nSPS) is 10.9. The highest BCUT2D eigenvalue weighted by molar-refractivity contribution is 7.99. The SMILES string of the molecule is CCCNC(=O)CSc1nc(Cl)cc(N(CCN(C)C)Cc2ccccc2)n1. The van der Waals surface area contributed by atoms with Crippen LogP contribution in [-0.4, -0.2) is 60.3 Å². The number of likely N-dealkylation sites (N-methyl/N-ethyl adjacent to an activating group) is 1. The third-order valence-electron chi connectivity index (χ3n) is 3.92. The van der Waals surface area contributed by atoms with E-state index in [1.165, 1.54) is 17.3 Å². The van der Waals surface area contributed by atoms with E-state index >= 15 is 0 Å². The van der Waals surface area contributed by atoms with Gasteiger partial charge in [0.15, 0.2) is 5.16 Å². The van der Waals surface area contributed by atoms with Crippen molar-refractivity contribution in [1.82, 2.24) is 20.2 Å². The average Bonchev–Trinajstić information content (AvgIpc) is 2.68. The fraction of sp³-hybridized carbons (Fsp3) is 0.450. The molecule has 152 valence electrons. The van der Waals surface area contributed by atoms with Gasteiger partial charge < -0.3 is 15.1 Å². The maximum absolute atomic E-state index is 11.9. The molecule has 28 heavy (non-hydrogen) atoms. The number of aromatic nitrogens is 2. The fourth-order valence-corrected chi connectivity index (χ4v) is 3.37. The standard InChI is InChI=1S/C20H28ClN5OS/c1-4-10-22-19(27)15-28-20-23-17(21)13-18(24-20)26(12-11-25(2)3)14-16-8-6-5-7-9-16/h5-9,13H,4,10-12,14-15H2,1-3H3,(H,22,27). The van der Waals surface area contributed by atoms with Gasteiger partial charge >= 0.3 is 0 Å². The molecule has 0 saturated heterocycles. The molecule has 1 aromatic heterocycles. The molecule has 0 saturated carbocycles. The number of hydrogen-bond acceptors (Lipinski definition) is 6. The molecule has 0 aliphatic rings. The second-order valence-corrected chi connectivity index (χ2v) is 8.01. The first kappa shape index (κ1) is 22.5. The van der Waals surface area contributed by atoms with Gasteiger partial charge in [-0.15, -0.1) is 0 Å². The largest absolute Gasteiger partial charge is 0.355 e. The lowest BCUT2D eigenvalue weighted by atomic mass is 10.2. The minimum absolute atomic E-state index is 0.0225. The molecular formula is C20H28ClN5OS. The molecule has 1 aromatic carbocycles. The molecule has 2 aromatic rings. The highest BCUT2D eigenvalue weighted by Crippen LogP contribution is 2.23. The molecule has 0 spiro atoms. The van der Waals surface area contributed by atoms with Crippen LogP contribution in [0, 0.1) is 0 Å². The lowest BCUT2D eigenvalue weighted by Gasteiger charge is -2.26. The smallest absolute Gasteiger partial charge is 0.230 e. The van der Waals surface area contributed by atoms with Crippen molar-refractivity contribution >= 4 is 35.1 Å². The third-order valence-corrected chi connectivity index (χ3v) is 4.96. The molecule has 0 radical (unpaired) electrons. The average molecular weight is 422 g/mol. The van der Waals surface area contributed by atoms with Crippen LogP contribution in [0.2, 0.25) is 5.15 Å². The summed E-state index contributed by atoms with van der Waals surface area (Å²) < 4.78 is 0. The summed E-state index contributed by atoms with van der Waals surface area (Å²) >= 11 is 7.56. The predicted molar refractivity (Wildman–Crippen MR) is 117 cm³/mol. The minimum atomic E-state index is -0.0225. The van der Waals surface area contributed by atoms with Gasteiger partial charge in [-0.2, -0.15) is 0 Å². The summed E-state index contributed by atoms with van der Waals surface area (Å²) in [5.74, 6) is 1.02. The van der Waals surface area contributed by atoms with Gasteiger partial charge in [-0.3, -0.25) is 4.79 Å². The number of hydrogen-bond donors (Lipinski definition) is 1. The Morgan fingerprint density at radius 1 is 1.18 bits per heavy atom. The molecule has 6 nitrogen and oxygen atoms in total. The lowest BCUT2D eigenvalue weighted by Crippen LogP contribution is -2.32. The molecule has 1 heterocycles. The number of nitrogens with one attached hydrogen (secondary N) is 1. The van der Waals surface area contributed by atoms with Crippen LogP contribution in [0.5, 0.6) is 0 Å². The zero-order valence-corrected chi connectivity index (χ0v) is 18.3. The van der Waals surface area contributed by atoms with Crippen LogP contribution >= 0.6 is 23.4 Å². The van der Waals surface area contributed by atoms with Crippen molar-refractivity contribution in [3.05, 3.63) is 47.1 Å². The van der Waals surface area contributed by atoms with Crippen LogP contribution in [0.25, 0.3) is 0 Å². The Bertz CT molecular complexity index is 745. The van der Waals surface area contributed by atoms with Crippen molar-refractivity contribution < 1.29 is 4.79 Å². The van der Waals surface area contributed by atoms with E-state index in [2.05, 4.69) is 37.2 Å². The fourth-order valence-electron chi connectivity index (χ4n) is 2.46. The van der Waals surface area contributed by atoms with Crippen molar-refractivity contribution in [2.75, 3.05) is 44.4 Å². The summed E-state index contributed by atoms with van der Waals surface area (Å²) in [6.45, 7) is 5.11. The topological polar surface area (TPSA) is 61.4 Å². The van der Waals surface area contributed by atoms with E-state index in [0.717, 1.165) is 31.9 Å². The van der Waals surface area contributed by atoms with Crippen molar-refractivity contribution in [2.45, 2.75) is 25.0 Å². The van der Waals surface area contributed by atoms with E-state index in [9.17, 15) is 4.79 Å². The Kier molecular flexibility index (Phi) is 9.54. The van der Waals surface area contributed by atoms with Gasteiger partial charge in [0.05, 0.1) is 5.75 Å². The third kappa shape index (κ3) is 8.04. The number of rotatable bonds is 11. The number of nitrogens with zero attached hydrogens (tertiary/aromatic N) is 4. The summed E-state index contributed by atoms with van der Waals surface area (Å²) in [5.41, 5.74) is 1.20. The predicted octanol–water partition coefficient (Wildman–Crippen LogP) is 3.32. The van der Waals surface area contributed by atoms with Crippen molar-refractivity contribution in [2.24, 2.45) is 0 Å². The van der Waals surface area contributed by atoms with E-state index in [4.69, 9.17) is 11.6 Å². The molecule has 2 rings (SSSR count). The summed E-state index contributed by atoms with van der Waals surface area (Å²) in [7, 11) is 4.09. The van der Waals surface area contributed by atoms with E-state index < -0.39 is 0 Å². The van der Waals surface area contributed by atoms with Gasteiger partial charge in [0.1, 0.15) is 11.0 Å². The number of benzene rings is 1. The Balaban J connectivity index is 2.14. The van der Waals surface area contributed by atoms with Gasteiger partial charge in [0, 0.05) is 32.2 Å². The second kappa shape index (κ2) is 11.9. The molecule has 1 N–H and O–H groups in total. The second-order valence-electron chi connectivity index (χ2n) is 6.68. The molecule has 0 unspecified atom stereocenters. The summed E-state index contributed by atoms with van der Waals surface area (Å²) in [6.07, 6.45) is 0.911. The quantitative estimate of drug-likeness (QED) is 0.341. The van der Waals surface area contributed by atoms with Crippen molar-refractivity contribution in [3.63, 3.8) is 0 Å². The molecule has 0 aliphatic carbocycles. The zero-order chi connectivity index (χ0) is 20.4. The maximum atomic E-state index is 11.9. The van der Waals surface area contributed by atoms with Crippen LogP contribution in [0.15, 0.2) is 41.6 Å². The summed E-state index contributed by atoms with van der Waals surface area (Å²) in [6, 6.07) is 12.0. The molecule has 8 heteroatoms. The van der Waals surface area contributed by atoms with Crippen molar-refractivity contribution in [1.29, 1.82) is 0 Å². The van der Waals surface area contributed by atoms with Gasteiger partial charge in [0.25, 0.3) is 0 Å². The summed E-state index contributed by atoms with van der Waals surface area (Å²) in [4.78, 5) is 25.1. The lowest BCUT2D eigenvalue weighted by molar-refractivity contribution is -0.118. The molecule has 0 aliphatic heterocycles. The minimum Gasteiger partial charge on any atom is -0.355 e. The summed E-state index contributed by atoms with van der Waals surface area (Å²) in [5, 5.41) is 3.75. The van der Waals surface area contributed by atoms with Crippen LogP contribution in [0.1, 0.15) is 18.9 Å². The number of anilines is 1. The molecule has 0 bridgehead atoms. The number of carbonyl (C=O) groups is 1. The first-order valence-corrected chi connectivity index (χ1v) is 10.7. The van der Waals surface area contributed by atoms with E-state index in [0.29, 0.717) is 16.9 Å². The molecule has 1 amide bonds. The number of halogens is 1. The Morgan fingerprint density at radius 3 is 2.61 bits per heavy atom. The highest BCUT2D eigenvalue weighted by Gasteiger charge is 2.14. The van der Waals surface area contributed by atoms with Gasteiger partial charge in [0.2, 0.25) is 5.91 Å². The van der Waals surface area contributed by atoms with E-state index in [1.54, 1.807) is 6.07 Å². The Morgan fingerprint density at radius 2 is 1.93 bits per heavy atom. The van der Waals surface area contributed by atoms with Gasteiger partial charge in [-0.25, -0.2) is 9.97 Å². The van der Waals surface area contributed by atoms with Crippen LogP contribution < -0.4 is 10.2 Å². The molecular weight excluding hydrogens is 394 g/mol. The number of thioether (sulfide) groups is 1. The van der Waals surface area contributed by atoms with Gasteiger partial charge in [-0.1, -0.05) is 60.6 Å². The van der Waals surface area contributed by atoms with E-state index in [1.807, 2.05) is 39.2 Å². The number of carbonyl (C=O) groups excluding carboxylic acids is 1. The van der Waals surface area contributed by atoms with Crippen LogP contribution in [0.3, 0.4) is 0 Å². The molecule has 0 fully saturated rings. The maximum Gasteiger partial charge on any atom is 0.230 e. The Hall–Kier alpha value is -1.83. The van der Waals surface area contributed by atoms with Crippen LogP contribution in [0.4, 0.5) is 5.82 Å². The first-order valence-electron chi connectivity index (χ1n) is 9.35. The first-order chi connectivity index (χ1) is 13.5. The zero-order valence-electron chi connectivity index (χ0n) is 16.7. The van der Waals surface area contributed by atoms with E-state index in [-0.39, 0.29) is 11.7 Å². The highest BCUT2D eigenvalue weighted by atomic mass is 35.5. The number of amides is 1. The monoisotopic (exact) mass is 421 g/mol. The Labute approximate surface area is 176 Å². The van der Waals surface area contributed by atoms with Crippen LogP contribution in [-0.2, 0) is 11.3 Å². The van der Waals surface area contributed by atoms with Gasteiger partial charge in [-0.05, 0) is 26.1 Å².